The van der Waals surface area contributed by atoms with Crippen molar-refractivity contribution in [3.05, 3.63) is 22.5 Å². The highest BCUT2D eigenvalue weighted by molar-refractivity contribution is 5.95. The maximum atomic E-state index is 12.1. The Kier molecular flexibility index (Phi) is 8.97. The monoisotopic (exact) mass is 338 g/mol. The Morgan fingerprint density at radius 3 is 1.50 bits per heavy atom. The van der Waals surface area contributed by atoms with Gasteiger partial charge in [-0.15, -0.1) is 0 Å². The van der Waals surface area contributed by atoms with E-state index in [1.54, 1.807) is 0 Å². The summed E-state index contributed by atoms with van der Waals surface area (Å²) in [6.07, 6.45) is 4.81. The Labute approximate surface area is 144 Å². The summed E-state index contributed by atoms with van der Waals surface area (Å²) in [5, 5.41) is 6.59. The first kappa shape index (κ1) is 20.1. The highest BCUT2D eigenvalue weighted by atomic mass is 16.5. The molecule has 6 heteroatoms. The van der Waals surface area contributed by atoms with E-state index in [2.05, 4.69) is 24.5 Å². The molecule has 0 saturated carbocycles. The number of hydrogen-bond donors (Lipinski definition) is 2. The largest absolute Gasteiger partial charge is 0.466 e. The molecule has 136 valence electrons. The van der Waals surface area contributed by atoms with E-state index in [0.717, 1.165) is 50.2 Å². The van der Waals surface area contributed by atoms with E-state index in [9.17, 15) is 9.59 Å². The molecule has 1 aliphatic carbocycles. The zero-order valence-corrected chi connectivity index (χ0v) is 15.3. The number of carbonyl (C=O) groups is 2. The Bertz CT molecular complexity index is 463. The van der Waals surface area contributed by atoms with Crippen LogP contribution in [0.1, 0.15) is 52.4 Å². The number of esters is 2. The number of methoxy groups -OCH3 is 2. The van der Waals surface area contributed by atoms with Gasteiger partial charge >= 0.3 is 11.9 Å². The summed E-state index contributed by atoms with van der Waals surface area (Å²) in [7, 11) is 2.76. The number of unbranched alkanes of at least 4 members (excludes halogenated alkanes) is 2. The second-order valence-electron chi connectivity index (χ2n) is 5.81. The van der Waals surface area contributed by atoms with Gasteiger partial charge in [0.15, 0.2) is 0 Å². The van der Waals surface area contributed by atoms with Gasteiger partial charge in [0, 0.05) is 37.3 Å². The van der Waals surface area contributed by atoms with E-state index >= 15 is 0 Å². The zero-order valence-electron chi connectivity index (χ0n) is 15.3. The lowest BCUT2D eigenvalue weighted by Crippen LogP contribution is -2.30. The molecule has 0 aromatic heterocycles. The molecule has 0 spiro atoms. The van der Waals surface area contributed by atoms with Gasteiger partial charge in [0.2, 0.25) is 0 Å². The molecule has 0 amide bonds. The Morgan fingerprint density at radius 1 is 0.833 bits per heavy atom. The van der Waals surface area contributed by atoms with Crippen molar-refractivity contribution >= 4 is 11.9 Å². The van der Waals surface area contributed by atoms with Crippen LogP contribution in [-0.2, 0) is 19.1 Å². The molecule has 24 heavy (non-hydrogen) atoms. The third-order valence-electron chi connectivity index (χ3n) is 4.04. The van der Waals surface area contributed by atoms with Gasteiger partial charge in [0.05, 0.1) is 25.4 Å². The molecule has 2 N–H and O–H groups in total. The van der Waals surface area contributed by atoms with Gasteiger partial charge < -0.3 is 20.1 Å². The van der Waals surface area contributed by atoms with Crippen molar-refractivity contribution in [1.82, 2.24) is 10.6 Å². The molecular weight excluding hydrogens is 308 g/mol. The first-order chi connectivity index (χ1) is 11.6. The van der Waals surface area contributed by atoms with E-state index < -0.39 is 0 Å². The fourth-order valence-electron chi connectivity index (χ4n) is 2.59. The first-order valence-electron chi connectivity index (χ1n) is 8.67. The lowest BCUT2D eigenvalue weighted by atomic mass is 9.92. The number of rotatable bonds is 10. The lowest BCUT2D eigenvalue weighted by molar-refractivity contribution is -0.137. The standard InChI is InChI=1S/C18H30N2O4/c1-5-7-9-19-15-11-14(18(22)24-4)16(20-10-8-6-2)12-13(15)17(21)23-3/h19-20H,5-12H2,1-4H3. The summed E-state index contributed by atoms with van der Waals surface area (Å²) in [4.78, 5) is 24.3. The fraction of sp³-hybridized carbons (Fsp3) is 0.667. The van der Waals surface area contributed by atoms with Gasteiger partial charge in [0.25, 0.3) is 0 Å². The van der Waals surface area contributed by atoms with Crippen LogP contribution in [0.5, 0.6) is 0 Å². The van der Waals surface area contributed by atoms with Crippen LogP contribution in [0.4, 0.5) is 0 Å². The summed E-state index contributed by atoms with van der Waals surface area (Å²) >= 11 is 0. The van der Waals surface area contributed by atoms with E-state index in [4.69, 9.17) is 9.47 Å². The second kappa shape index (κ2) is 10.7. The molecule has 0 aromatic carbocycles. The molecule has 0 aliphatic heterocycles. The van der Waals surface area contributed by atoms with Gasteiger partial charge in [-0.1, -0.05) is 26.7 Å². The van der Waals surface area contributed by atoms with Crippen LogP contribution in [0.2, 0.25) is 0 Å². The molecule has 1 aliphatic rings. The maximum absolute atomic E-state index is 12.1. The average molecular weight is 338 g/mol. The number of carbonyl (C=O) groups excluding carboxylic acids is 2. The third kappa shape index (κ3) is 5.58. The predicted octanol–water partition coefficient (Wildman–Crippen LogP) is 2.41. The van der Waals surface area contributed by atoms with Gasteiger partial charge in [-0.3, -0.25) is 0 Å². The summed E-state index contributed by atoms with van der Waals surface area (Å²) in [5.41, 5.74) is 2.69. The van der Waals surface area contributed by atoms with E-state index in [1.165, 1.54) is 14.2 Å². The minimum Gasteiger partial charge on any atom is -0.466 e. The van der Waals surface area contributed by atoms with Crippen LogP contribution in [-0.4, -0.2) is 39.2 Å². The van der Waals surface area contributed by atoms with Gasteiger partial charge in [0.1, 0.15) is 0 Å². The van der Waals surface area contributed by atoms with Crippen molar-refractivity contribution in [1.29, 1.82) is 0 Å². The van der Waals surface area contributed by atoms with Crippen LogP contribution in [0.25, 0.3) is 0 Å². The SMILES string of the molecule is CCCCNC1=C(C(=O)OC)CC(NCCCC)=C(C(=O)OC)C1. The molecule has 0 fully saturated rings. The average Bonchev–Trinajstić information content (AvgIpc) is 2.61. The van der Waals surface area contributed by atoms with Crippen LogP contribution in [0.15, 0.2) is 22.5 Å². The van der Waals surface area contributed by atoms with Crippen molar-refractivity contribution in [2.24, 2.45) is 0 Å². The van der Waals surface area contributed by atoms with Gasteiger partial charge in [-0.05, 0) is 12.8 Å². The predicted molar refractivity (Wildman–Crippen MR) is 93.1 cm³/mol. The van der Waals surface area contributed by atoms with Gasteiger partial charge in [-0.25, -0.2) is 9.59 Å². The number of allylic oxidation sites excluding steroid dienone is 2. The second-order valence-corrected chi connectivity index (χ2v) is 5.81. The lowest BCUT2D eigenvalue weighted by Gasteiger charge is -2.25. The summed E-state index contributed by atoms with van der Waals surface area (Å²) in [6.45, 7) is 5.74. The minimum absolute atomic E-state index is 0.354. The molecule has 0 radical (unpaired) electrons. The molecule has 6 nitrogen and oxygen atoms in total. The molecule has 0 bridgehead atoms. The topological polar surface area (TPSA) is 76.7 Å². The van der Waals surface area contributed by atoms with Crippen molar-refractivity contribution in [2.45, 2.75) is 52.4 Å². The molecule has 1 rings (SSSR count). The minimum atomic E-state index is -0.354. The number of ether oxygens (including phenoxy) is 2. The van der Waals surface area contributed by atoms with Crippen molar-refractivity contribution in [2.75, 3.05) is 27.3 Å². The van der Waals surface area contributed by atoms with E-state index in [-0.39, 0.29) is 11.9 Å². The molecule has 0 unspecified atom stereocenters. The van der Waals surface area contributed by atoms with E-state index in [1.807, 2.05) is 0 Å². The zero-order chi connectivity index (χ0) is 17.9. The highest BCUT2D eigenvalue weighted by Gasteiger charge is 2.29. The van der Waals surface area contributed by atoms with Crippen LogP contribution in [0, 0.1) is 0 Å². The number of hydrogen-bond acceptors (Lipinski definition) is 6. The summed E-state index contributed by atoms with van der Waals surface area (Å²) in [5.74, 6) is -0.708. The Balaban J connectivity index is 3.03. The van der Waals surface area contributed by atoms with E-state index in [0.29, 0.717) is 24.0 Å². The number of nitrogens with one attached hydrogen (secondary N) is 2. The smallest absolute Gasteiger partial charge is 0.335 e. The normalized spacial score (nSPS) is 14.5. The molecule has 0 aromatic rings. The highest BCUT2D eigenvalue weighted by Crippen LogP contribution is 2.29. The molecule has 0 atom stereocenters. The third-order valence-corrected chi connectivity index (χ3v) is 4.04. The summed E-state index contributed by atoms with van der Waals surface area (Å²) in [6, 6.07) is 0. The maximum Gasteiger partial charge on any atom is 0.335 e. The van der Waals surface area contributed by atoms with Gasteiger partial charge in [-0.2, -0.15) is 0 Å². The van der Waals surface area contributed by atoms with Crippen molar-refractivity contribution in [3.63, 3.8) is 0 Å². The van der Waals surface area contributed by atoms with Crippen LogP contribution >= 0.6 is 0 Å². The van der Waals surface area contributed by atoms with Crippen LogP contribution in [0.3, 0.4) is 0 Å². The van der Waals surface area contributed by atoms with Crippen molar-refractivity contribution < 1.29 is 19.1 Å². The van der Waals surface area contributed by atoms with Crippen molar-refractivity contribution in [3.8, 4) is 0 Å². The Hall–Kier alpha value is -1.98. The molecule has 0 saturated heterocycles. The van der Waals surface area contributed by atoms with Crippen LogP contribution < -0.4 is 10.6 Å². The fourth-order valence-corrected chi connectivity index (χ4v) is 2.59. The molecule has 0 heterocycles. The Morgan fingerprint density at radius 2 is 1.21 bits per heavy atom. The molecular formula is C18H30N2O4. The first-order valence-corrected chi connectivity index (χ1v) is 8.67. The summed E-state index contributed by atoms with van der Waals surface area (Å²) < 4.78 is 9.84. The quantitative estimate of drug-likeness (QED) is 0.470.